The van der Waals surface area contributed by atoms with E-state index in [1.807, 2.05) is 26.0 Å². The van der Waals surface area contributed by atoms with Crippen LogP contribution < -0.4 is 14.8 Å². The van der Waals surface area contributed by atoms with E-state index in [0.29, 0.717) is 37.7 Å². The maximum Gasteiger partial charge on any atom is 0.407 e. The average molecular weight is 417 g/mol. The molecule has 0 spiro atoms. The van der Waals surface area contributed by atoms with E-state index in [9.17, 15) is 4.79 Å². The van der Waals surface area contributed by atoms with Crippen LogP contribution in [0.5, 0.6) is 11.8 Å². The van der Waals surface area contributed by atoms with E-state index >= 15 is 0 Å². The van der Waals surface area contributed by atoms with Gasteiger partial charge in [0.15, 0.2) is 5.72 Å². The summed E-state index contributed by atoms with van der Waals surface area (Å²) in [6.07, 6.45) is 12.4. The number of carboxylic acid groups (broad SMARTS) is 1. The molecule has 8 nitrogen and oxygen atoms in total. The summed E-state index contributed by atoms with van der Waals surface area (Å²) >= 11 is 0. The topological polar surface area (TPSA) is 96.8 Å². The van der Waals surface area contributed by atoms with Crippen molar-refractivity contribution in [2.24, 2.45) is 0 Å². The Balaban J connectivity index is 1.62. The summed E-state index contributed by atoms with van der Waals surface area (Å²) in [4.78, 5) is 21.1. The monoisotopic (exact) mass is 416 g/mol. The molecule has 1 aromatic heterocycles. The van der Waals surface area contributed by atoms with Crippen molar-refractivity contribution in [3.63, 3.8) is 0 Å². The smallest absolute Gasteiger partial charge is 0.407 e. The molecule has 1 fully saturated rings. The second kappa shape index (κ2) is 9.82. The Bertz CT molecular complexity index is 802. The van der Waals surface area contributed by atoms with Gasteiger partial charge in [0.2, 0.25) is 11.8 Å². The number of hydrogen-bond acceptors (Lipinski definition) is 6. The van der Waals surface area contributed by atoms with Gasteiger partial charge < -0.3 is 24.8 Å². The van der Waals surface area contributed by atoms with E-state index in [2.05, 4.69) is 28.3 Å². The fraction of sp³-hybridized carbons (Fsp3) is 0.591. The SMILES string of the molecule is CCCCCC1=CC=CC(C)(Oc2ncnc(OC3CCN(C(=O)O)CC3)c2C)N1. The third-order valence-electron chi connectivity index (χ3n) is 5.46. The van der Waals surface area contributed by atoms with Crippen molar-refractivity contribution in [1.82, 2.24) is 20.2 Å². The van der Waals surface area contributed by atoms with Gasteiger partial charge >= 0.3 is 6.09 Å². The molecule has 3 rings (SSSR count). The zero-order chi connectivity index (χ0) is 21.6. The van der Waals surface area contributed by atoms with Gasteiger partial charge in [0.25, 0.3) is 0 Å². The fourth-order valence-corrected chi connectivity index (χ4v) is 3.69. The Morgan fingerprint density at radius 3 is 2.73 bits per heavy atom. The summed E-state index contributed by atoms with van der Waals surface area (Å²) in [6.45, 7) is 6.98. The van der Waals surface area contributed by atoms with Crippen LogP contribution in [0.2, 0.25) is 0 Å². The number of likely N-dealkylation sites (tertiary alicyclic amines) is 1. The van der Waals surface area contributed by atoms with E-state index in [4.69, 9.17) is 14.6 Å². The van der Waals surface area contributed by atoms with E-state index in [-0.39, 0.29) is 6.10 Å². The molecule has 1 atom stereocenters. The number of carbonyl (C=O) groups is 1. The summed E-state index contributed by atoms with van der Waals surface area (Å²) in [5, 5.41) is 12.6. The number of hydrogen-bond donors (Lipinski definition) is 2. The van der Waals surface area contributed by atoms with Gasteiger partial charge in [-0.1, -0.05) is 25.8 Å². The molecule has 1 unspecified atom stereocenters. The molecule has 0 aromatic carbocycles. The zero-order valence-electron chi connectivity index (χ0n) is 18.1. The second-order valence-electron chi connectivity index (χ2n) is 8.04. The lowest BCUT2D eigenvalue weighted by atomic mass is 10.1. The van der Waals surface area contributed by atoms with Crippen LogP contribution in [0, 0.1) is 6.92 Å². The number of piperidine rings is 1. The molecule has 0 bridgehead atoms. The highest BCUT2D eigenvalue weighted by Crippen LogP contribution is 2.29. The van der Waals surface area contributed by atoms with E-state index in [1.54, 1.807) is 0 Å². The highest BCUT2D eigenvalue weighted by atomic mass is 16.5. The Morgan fingerprint density at radius 1 is 1.30 bits per heavy atom. The molecule has 0 aliphatic carbocycles. The number of aromatic nitrogens is 2. The van der Waals surface area contributed by atoms with E-state index < -0.39 is 11.8 Å². The normalized spacial score (nSPS) is 21.7. The van der Waals surface area contributed by atoms with Gasteiger partial charge in [-0.15, -0.1) is 0 Å². The van der Waals surface area contributed by atoms with Crippen molar-refractivity contribution in [2.75, 3.05) is 13.1 Å². The van der Waals surface area contributed by atoms with Gasteiger partial charge in [-0.05, 0) is 38.8 Å². The minimum absolute atomic E-state index is 0.0709. The first-order chi connectivity index (χ1) is 14.4. The van der Waals surface area contributed by atoms with Gasteiger partial charge in [0, 0.05) is 31.6 Å². The molecule has 0 saturated carbocycles. The number of dihydropyridines is 1. The summed E-state index contributed by atoms with van der Waals surface area (Å²) in [6, 6.07) is 0. The third kappa shape index (κ3) is 5.64. The fourth-order valence-electron chi connectivity index (χ4n) is 3.69. The molecule has 2 aliphatic heterocycles. The molecule has 1 aromatic rings. The Labute approximate surface area is 178 Å². The van der Waals surface area contributed by atoms with Crippen LogP contribution in [0.1, 0.15) is 57.9 Å². The molecule has 164 valence electrons. The van der Waals surface area contributed by atoms with Crippen LogP contribution in [-0.2, 0) is 0 Å². The molecular formula is C22H32N4O4. The molecule has 0 radical (unpaired) electrons. The van der Waals surface area contributed by atoms with Crippen LogP contribution >= 0.6 is 0 Å². The van der Waals surface area contributed by atoms with E-state index in [1.165, 1.54) is 24.1 Å². The minimum Gasteiger partial charge on any atom is -0.474 e. The number of allylic oxidation sites excluding steroid dienone is 3. The summed E-state index contributed by atoms with van der Waals surface area (Å²) in [7, 11) is 0. The first-order valence-electron chi connectivity index (χ1n) is 10.7. The van der Waals surface area contributed by atoms with Crippen LogP contribution in [-0.4, -0.2) is 51.0 Å². The molecule has 2 aliphatic rings. The molecule has 8 heteroatoms. The van der Waals surface area contributed by atoms with E-state index in [0.717, 1.165) is 24.1 Å². The van der Waals surface area contributed by atoms with Crippen LogP contribution in [0.4, 0.5) is 4.79 Å². The average Bonchev–Trinajstić information content (AvgIpc) is 2.71. The Morgan fingerprint density at radius 2 is 2.03 bits per heavy atom. The number of ether oxygens (including phenoxy) is 2. The van der Waals surface area contributed by atoms with Crippen LogP contribution in [0.3, 0.4) is 0 Å². The predicted octanol–water partition coefficient (Wildman–Crippen LogP) is 4.02. The number of nitrogens with one attached hydrogen (secondary N) is 1. The van der Waals surface area contributed by atoms with Crippen LogP contribution in [0.25, 0.3) is 0 Å². The van der Waals surface area contributed by atoms with Gasteiger partial charge in [0.05, 0.1) is 5.56 Å². The molecule has 2 N–H and O–H groups in total. The van der Waals surface area contributed by atoms with Gasteiger partial charge in [-0.3, -0.25) is 0 Å². The standard InChI is InChI=1S/C22H32N4O4/c1-4-5-6-8-17-9-7-12-22(3,25-17)30-20-16(2)19(23-15-24-20)29-18-10-13-26(14-11-18)21(27)28/h7,9,12,15,18,25H,4-6,8,10-11,13-14H2,1-3H3,(H,27,28). The second-order valence-corrected chi connectivity index (χ2v) is 8.04. The highest BCUT2D eigenvalue weighted by Gasteiger charge is 2.29. The third-order valence-corrected chi connectivity index (χ3v) is 5.46. The largest absolute Gasteiger partial charge is 0.474 e. The number of rotatable bonds is 8. The van der Waals surface area contributed by atoms with Crippen molar-refractivity contribution in [3.05, 3.63) is 35.8 Å². The number of amides is 1. The quantitative estimate of drug-likeness (QED) is 0.618. The molecule has 1 amide bonds. The summed E-state index contributed by atoms with van der Waals surface area (Å²) < 4.78 is 12.3. The van der Waals surface area contributed by atoms with Crippen LogP contribution in [0.15, 0.2) is 30.3 Å². The van der Waals surface area contributed by atoms with Gasteiger partial charge in [-0.25, -0.2) is 14.8 Å². The van der Waals surface area contributed by atoms with Gasteiger partial charge in [0.1, 0.15) is 12.4 Å². The summed E-state index contributed by atoms with van der Waals surface area (Å²) in [5.41, 5.74) is 1.19. The molecule has 1 saturated heterocycles. The maximum absolute atomic E-state index is 11.1. The zero-order valence-corrected chi connectivity index (χ0v) is 18.1. The number of nitrogens with zero attached hydrogens (tertiary/aromatic N) is 3. The van der Waals surface area contributed by atoms with Crippen molar-refractivity contribution >= 4 is 6.09 Å². The van der Waals surface area contributed by atoms with Crippen molar-refractivity contribution in [2.45, 2.75) is 71.1 Å². The summed E-state index contributed by atoms with van der Waals surface area (Å²) in [5.74, 6) is 0.952. The maximum atomic E-state index is 11.1. The predicted molar refractivity (Wildman–Crippen MR) is 114 cm³/mol. The first kappa shape index (κ1) is 21.9. The minimum atomic E-state index is -0.883. The van der Waals surface area contributed by atoms with Crippen molar-refractivity contribution < 1.29 is 19.4 Å². The van der Waals surface area contributed by atoms with Crippen molar-refractivity contribution in [3.8, 4) is 11.8 Å². The van der Waals surface area contributed by atoms with Crippen molar-refractivity contribution in [1.29, 1.82) is 0 Å². The molecule has 30 heavy (non-hydrogen) atoms. The Kier molecular flexibility index (Phi) is 7.18. The lowest BCUT2D eigenvalue weighted by Gasteiger charge is -2.33. The lowest BCUT2D eigenvalue weighted by Crippen LogP contribution is -2.46. The lowest BCUT2D eigenvalue weighted by molar-refractivity contribution is 0.0838. The number of unbranched alkanes of at least 4 members (excludes halogenated alkanes) is 2. The molecule has 3 heterocycles. The Hall–Kier alpha value is -2.77. The highest BCUT2D eigenvalue weighted by molar-refractivity contribution is 5.65. The van der Waals surface area contributed by atoms with Gasteiger partial charge in [-0.2, -0.15) is 0 Å². The first-order valence-corrected chi connectivity index (χ1v) is 10.7. The molecular weight excluding hydrogens is 384 g/mol.